The van der Waals surface area contributed by atoms with Crippen LogP contribution in [-0.4, -0.2) is 71.5 Å². The summed E-state index contributed by atoms with van der Waals surface area (Å²) in [7, 11) is 1.22. The molecule has 1 fully saturated rings. The Bertz CT molecular complexity index is 1310. The van der Waals surface area contributed by atoms with Crippen molar-refractivity contribution in [2.75, 3.05) is 20.3 Å². The van der Waals surface area contributed by atoms with E-state index in [1.54, 1.807) is 12.1 Å². The zero-order valence-corrected chi connectivity index (χ0v) is 20.7. The lowest BCUT2D eigenvalue weighted by atomic mass is 9.98. The molecule has 3 N–H and O–H groups in total. The van der Waals surface area contributed by atoms with E-state index in [9.17, 15) is 24.6 Å². The Hall–Kier alpha value is -4.37. The number of hydrogen-bond donors (Lipinski definition) is 3. The Kier molecular flexibility index (Phi) is 7.02. The van der Waals surface area contributed by atoms with Gasteiger partial charge in [-0.15, -0.1) is 0 Å². The van der Waals surface area contributed by atoms with E-state index in [1.165, 1.54) is 24.1 Å². The van der Waals surface area contributed by atoms with Crippen LogP contribution in [-0.2, 0) is 25.5 Å². The molecule has 1 saturated heterocycles. The van der Waals surface area contributed by atoms with Gasteiger partial charge in [0, 0.05) is 12.3 Å². The number of aliphatic hydroxyl groups excluding tert-OH is 1. The van der Waals surface area contributed by atoms with E-state index in [0.717, 1.165) is 22.3 Å². The zero-order chi connectivity index (χ0) is 26.8. The van der Waals surface area contributed by atoms with Crippen molar-refractivity contribution >= 4 is 18.0 Å². The molecule has 2 aliphatic rings. The summed E-state index contributed by atoms with van der Waals surface area (Å²) < 4.78 is 10.4. The van der Waals surface area contributed by atoms with Gasteiger partial charge in [0.15, 0.2) is 0 Å². The second kappa shape index (κ2) is 10.5. The summed E-state index contributed by atoms with van der Waals surface area (Å²) in [5.41, 5.74) is 4.99. The summed E-state index contributed by atoms with van der Waals surface area (Å²) in [6.07, 6.45) is -1.96. The third-order valence-corrected chi connectivity index (χ3v) is 7.15. The topological polar surface area (TPSA) is 125 Å². The molecule has 0 aromatic heterocycles. The summed E-state index contributed by atoms with van der Waals surface area (Å²) >= 11 is 0. The first-order valence-electron chi connectivity index (χ1n) is 12.3. The number of methoxy groups -OCH3 is 1. The summed E-state index contributed by atoms with van der Waals surface area (Å²) in [4.78, 5) is 39.7. The fourth-order valence-electron chi connectivity index (χ4n) is 5.26. The molecule has 5 rings (SSSR count). The molecule has 1 heterocycles. The molecule has 0 radical (unpaired) electrons. The lowest BCUT2D eigenvalue weighted by Crippen LogP contribution is -2.49. The van der Waals surface area contributed by atoms with Crippen LogP contribution >= 0.6 is 0 Å². The Morgan fingerprint density at radius 3 is 2.21 bits per heavy atom. The molecule has 2 amide bonds. The van der Waals surface area contributed by atoms with Crippen LogP contribution in [0.4, 0.5) is 4.79 Å². The minimum absolute atomic E-state index is 0.0617. The molecule has 196 valence electrons. The number of nitrogens with one attached hydrogen (secondary N) is 1. The number of ether oxygens (including phenoxy) is 2. The molecule has 9 heteroatoms. The molecule has 3 atom stereocenters. The van der Waals surface area contributed by atoms with Crippen molar-refractivity contribution in [3.05, 3.63) is 89.5 Å². The number of hydrogen-bond acceptors (Lipinski definition) is 7. The normalized spacial score (nSPS) is 19.0. The van der Waals surface area contributed by atoms with E-state index < -0.39 is 36.2 Å². The van der Waals surface area contributed by atoms with Crippen LogP contribution in [0.1, 0.15) is 22.6 Å². The molecule has 0 saturated carbocycles. The predicted octanol–water partition coefficient (Wildman–Crippen LogP) is 2.59. The van der Waals surface area contributed by atoms with Gasteiger partial charge in [0.25, 0.3) is 0 Å². The molecule has 3 aromatic carbocycles. The van der Waals surface area contributed by atoms with Crippen LogP contribution in [0.25, 0.3) is 11.1 Å². The Morgan fingerprint density at radius 2 is 1.61 bits per heavy atom. The third-order valence-electron chi connectivity index (χ3n) is 7.15. The molecule has 3 aromatic rings. The van der Waals surface area contributed by atoms with Crippen molar-refractivity contribution in [3.63, 3.8) is 0 Å². The van der Waals surface area contributed by atoms with Crippen molar-refractivity contribution < 1.29 is 34.1 Å². The van der Waals surface area contributed by atoms with Crippen molar-refractivity contribution in [2.45, 2.75) is 30.5 Å². The van der Waals surface area contributed by atoms with Crippen molar-refractivity contribution in [1.29, 1.82) is 0 Å². The number of benzene rings is 3. The highest BCUT2D eigenvalue weighted by atomic mass is 16.5. The maximum atomic E-state index is 13.2. The number of esters is 1. The van der Waals surface area contributed by atoms with Crippen LogP contribution in [0.2, 0.25) is 0 Å². The lowest BCUT2D eigenvalue weighted by molar-refractivity contribution is -0.151. The number of carbonyl (C=O) groups excluding carboxylic acids is 3. The molecular formula is C29H28N2O7. The number of aromatic hydroxyl groups is 1. The summed E-state index contributed by atoms with van der Waals surface area (Å²) in [6, 6.07) is 19.8. The first kappa shape index (κ1) is 25.3. The predicted molar refractivity (Wildman–Crippen MR) is 137 cm³/mol. The number of β-amino-alcohol motifs (C(OH)–C–C–N with tert-alkyl or cyclic N) is 1. The van der Waals surface area contributed by atoms with Gasteiger partial charge in [-0.25, -0.2) is 9.59 Å². The van der Waals surface area contributed by atoms with E-state index in [4.69, 9.17) is 9.47 Å². The van der Waals surface area contributed by atoms with Gasteiger partial charge < -0.3 is 29.9 Å². The Balaban J connectivity index is 1.25. The molecular weight excluding hydrogens is 488 g/mol. The number of rotatable bonds is 7. The second-order valence-corrected chi connectivity index (χ2v) is 9.42. The Morgan fingerprint density at radius 1 is 1.00 bits per heavy atom. The molecule has 38 heavy (non-hydrogen) atoms. The number of phenolic OH excluding ortho intramolecular Hbond substituents is 1. The average Bonchev–Trinajstić information content (AvgIpc) is 3.40. The Labute approximate surface area is 219 Å². The molecule has 9 nitrogen and oxygen atoms in total. The molecule has 0 spiro atoms. The van der Waals surface area contributed by atoms with Gasteiger partial charge in [0.2, 0.25) is 5.91 Å². The second-order valence-electron chi connectivity index (χ2n) is 9.42. The highest BCUT2D eigenvalue weighted by Gasteiger charge is 2.46. The number of fused-ring (bicyclic) bond motifs is 3. The number of phenols is 1. The molecule has 0 bridgehead atoms. The lowest BCUT2D eigenvalue weighted by Gasteiger charge is -2.26. The molecule has 1 unspecified atom stereocenters. The quantitative estimate of drug-likeness (QED) is 0.412. The smallest absolute Gasteiger partial charge is 0.407 e. The number of carbonyl (C=O) groups is 3. The number of amides is 2. The largest absolute Gasteiger partial charge is 0.508 e. The standard InChI is InChI=1S/C29H28N2O7/c1-37-28(35)24(14-17-10-12-18(32)13-11-17)31-15-25(33)26(27(31)34)30-29(36)38-16-23-21-8-4-2-6-19(21)20-7-3-5-9-22(20)23/h2-13,23-26,32-33H,14-16H2,1H3,(H,30,36)/t24-,25?,26-/m0/s1. The number of aliphatic hydroxyl groups is 1. The van der Waals surface area contributed by atoms with Gasteiger partial charge in [0.1, 0.15) is 30.5 Å². The van der Waals surface area contributed by atoms with Crippen molar-refractivity contribution in [2.24, 2.45) is 0 Å². The molecule has 1 aliphatic heterocycles. The minimum atomic E-state index is -1.27. The first-order chi connectivity index (χ1) is 18.4. The summed E-state index contributed by atoms with van der Waals surface area (Å²) in [5, 5.41) is 22.6. The van der Waals surface area contributed by atoms with Gasteiger partial charge in [0.05, 0.1) is 13.7 Å². The maximum Gasteiger partial charge on any atom is 0.407 e. The van der Waals surface area contributed by atoms with E-state index >= 15 is 0 Å². The maximum absolute atomic E-state index is 13.2. The van der Waals surface area contributed by atoms with Gasteiger partial charge in [-0.2, -0.15) is 0 Å². The molecule has 1 aliphatic carbocycles. The monoisotopic (exact) mass is 516 g/mol. The van der Waals surface area contributed by atoms with E-state index in [1.807, 2.05) is 48.5 Å². The highest BCUT2D eigenvalue weighted by molar-refractivity contribution is 5.92. The van der Waals surface area contributed by atoms with E-state index in [2.05, 4.69) is 5.32 Å². The minimum Gasteiger partial charge on any atom is -0.508 e. The van der Waals surface area contributed by atoms with Gasteiger partial charge in [-0.1, -0.05) is 60.7 Å². The van der Waals surface area contributed by atoms with Crippen LogP contribution in [0.3, 0.4) is 0 Å². The van der Waals surface area contributed by atoms with Crippen molar-refractivity contribution in [1.82, 2.24) is 10.2 Å². The summed E-state index contributed by atoms with van der Waals surface area (Å²) in [6.45, 7) is -0.1000. The van der Waals surface area contributed by atoms with Crippen LogP contribution in [0.15, 0.2) is 72.8 Å². The number of nitrogens with zero attached hydrogens (tertiary/aromatic N) is 1. The fraction of sp³-hybridized carbons (Fsp3) is 0.276. The number of likely N-dealkylation sites (tertiary alicyclic amines) is 1. The van der Waals surface area contributed by atoms with Crippen LogP contribution in [0, 0.1) is 0 Å². The number of alkyl carbamates (subject to hydrolysis) is 1. The van der Waals surface area contributed by atoms with Gasteiger partial charge in [-0.3, -0.25) is 4.79 Å². The summed E-state index contributed by atoms with van der Waals surface area (Å²) in [5.74, 6) is -1.34. The highest BCUT2D eigenvalue weighted by Crippen LogP contribution is 2.44. The first-order valence-corrected chi connectivity index (χ1v) is 12.3. The van der Waals surface area contributed by atoms with Crippen LogP contribution in [0.5, 0.6) is 5.75 Å². The fourth-order valence-corrected chi connectivity index (χ4v) is 5.26. The van der Waals surface area contributed by atoms with Gasteiger partial charge in [-0.05, 0) is 39.9 Å². The van der Waals surface area contributed by atoms with E-state index in [-0.39, 0.29) is 31.2 Å². The zero-order valence-electron chi connectivity index (χ0n) is 20.7. The van der Waals surface area contributed by atoms with Crippen molar-refractivity contribution in [3.8, 4) is 16.9 Å². The SMILES string of the molecule is COC(=O)[C@H](Cc1ccc(O)cc1)N1CC(O)[C@H](NC(=O)OCC2c3ccccc3-c3ccccc32)C1=O. The van der Waals surface area contributed by atoms with Crippen LogP contribution < -0.4 is 5.32 Å². The average molecular weight is 517 g/mol. The third kappa shape index (κ3) is 4.80. The van der Waals surface area contributed by atoms with E-state index in [0.29, 0.717) is 5.56 Å². The van der Waals surface area contributed by atoms with Gasteiger partial charge >= 0.3 is 12.1 Å².